The second kappa shape index (κ2) is 10.8. The predicted molar refractivity (Wildman–Crippen MR) is 147 cm³/mol. The van der Waals surface area contributed by atoms with Crippen LogP contribution in [0.15, 0.2) is 30.3 Å². The molecule has 8 heteroatoms. The van der Waals surface area contributed by atoms with Gasteiger partial charge in [0.2, 0.25) is 17.7 Å². The Morgan fingerprint density at radius 3 is 2.49 bits per heavy atom. The summed E-state index contributed by atoms with van der Waals surface area (Å²) in [6.45, 7) is 8.13. The molecule has 4 aliphatic rings. The maximum Gasteiger partial charge on any atom is 0.246 e. The van der Waals surface area contributed by atoms with Gasteiger partial charge < -0.3 is 25.4 Å². The van der Waals surface area contributed by atoms with Crippen molar-refractivity contribution in [3.8, 4) is 0 Å². The van der Waals surface area contributed by atoms with Crippen LogP contribution < -0.4 is 10.6 Å². The molecular weight excluding hydrogens is 494 g/mol. The summed E-state index contributed by atoms with van der Waals surface area (Å²) in [4.78, 5) is 44.0. The van der Waals surface area contributed by atoms with Gasteiger partial charge in [0.25, 0.3) is 0 Å². The number of fused-ring (bicyclic) bond motifs is 1. The van der Waals surface area contributed by atoms with Crippen LogP contribution in [0.4, 0.5) is 0 Å². The van der Waals surface area contributed by atoms with Crippen molar-refractivity contribution in [1.29, 1.82) is 0 Å². The average molecular weight is 540 g/mol. The van der Waals surface area contributed by atoms with Gasteiger partial charge >= 0.3 is 0 Å². The summed E-state index contributed by atoms with van der Waals surface area (Å²) in [6.07, 6.45) is 6.46. The number of rotatable bonds is 9. The fraction of sp³-hybridized carbons (Fsp3) is 0.710. The molecule has 1 spiro atoms. The lowest BCUT2D eigenvalue weighted by Gasteiger charge is -2.40. The number of carbonyl (C=O) groups excluding carboxylic acids is 3. The summed E-state index contributed by atoms with van der Waals surface area (Å²) in [5, 5.41) is 16.8. The van der Waals surface area contributed by atoms with Crippen molar-refractivity contribution in [2.45, 2.75) is 109 Å². The van der Waals surface area contributed by atoms with Crippen molar-refractivity contribution in [1.82, 2.24) is 15.5 Å². The number of likely N-dealkylation sites (tertiary alicyclic amines) is 1. The van der Waals surface area contributed by atoms with Gasteiger partial charge in [-0.25, -0.2) is 0 Å². The summed E-state index contributed by atoms with van der Waals surface area (Å²) in [5.41, 5.74) is -0.981. The van der Waals surface area contributed by atoms with E-state index < -0.39 is 35.1 Å². The zero-order chi connectivity index (χ0) is 27.9. The van der Waals surface area contributed by atoms with E-state index in [1.165, 1.54) is 6.42 Å². The number of benzene rings is 1. The first-order chi connectivity index (χ1) is 18.7. The Morgan fingerprint density at radius 2 is 1.85 bits per heavy atom. The van der Waals surface area contributed by atoms with E-state index >= 15 is 0 Å². The maximum atomic E-state index is 14.4. The largest absolute Gasteiger partial charge is 0.394 e. The van der Waals surface area contributed by atoms with Crippen molar-refractivity contribution < 1.29 is 24.2 Å². The van der Waals surface area contributed by atoms with Gasteiger partial charge in [0, 0.05) is 12.6 Å². The van der Waals surface area contributed by atoms with Gasteiger partial charge in [-0.3, -0.25) is 14.4 Å². The molecule has 39 heavy (non-hydrogen) atoms. The summed E-state index contributed by atoms with van der Waals surface area (Å²) in [7, 11) is 0. The molecule has 8 atom stereocenters. The topological polar surface area (TPSA) is 108 Å². The van der Waals surface area contributed by atoms with Gasteiger partial charge in [-0.05, 0) is 43.6 Å². The number of nitrogens with zero attached hydrogens (tertiary/aromatic N) is 1. The highest BCUT2D eigenvalue weighted by Crippen LogP contribution is 2.65. The number of hydrogen-bond acceptors (Lipinski definition) is 5. The second-order valence-electron chi connectivity index (χ2n) is 12.6. The van der Waals surface area contributed by atoms with Crippen LogP contribution in [0.25, 0.3) is 0 Å². The zero-order valence-electron chi connectivity index (χ0n) is 23.8. The molecule has 214 valence electrons. The molecule has 2 bridgehead atoms. The lowest BCUT2D eigenvalue weighted by Crippen LogP contribution is -2.60. The van der Waals surface area contributed by atoms with E-state index in [1.54, 1.807) is 4.90 Å². The van der Waals surface area contributed by atoms with Gasteiger partial charge in [0.05, 0.1) is 30.1 Å². The molecule has 3 aliphatic heterocycles. The molecule has 5 rings (SSSR count). The number of nitrogens with one attached hydrogen (secondary N) is 2. The molecule has 0 aromatic heterocycles. The molecule has 1 aromatic carbocycles. The van der Waals surface area contributed by atoms with E-state index in [9.17, 15) is 19.5 Å². The van der Waals surface area contributed by atoms with Crippen LogP contribution in [0.3, 0.4) is 0 Å². The Hall–Kier alpha value is -2.45. The molecule has 0 radical (unpaired) electrons. The fourth-order valence-corrected chi connectivity index (χ4v) is 7.97. The van der Waals surface area contributed by atoms with Crippen LogP contribution in [0.2, 0.25) is 0 Å². The smallest absolute Gasteiger partial charge is 0.246 e. The third-order valence-electron chi connectivity index (χ3n) is 10.4. The molecule has 3 saturated heterocycles. The van der Waals surface area contributed by atoms with E-state index in [-0.39, 0.29) is 42.2 Å². The number of hydrogen-bond donors (Lipinski definition) is 3. The second-order valence-corrected chi connectivity index (χ2v) is 12.6. The Balaban J connectivity index is 1.51. The lowest BCUT2D eigenvalue weighted by atomic mass is 9.62. The minimum atomic E-state index is -1.10. The maximum absolute atomic E-state index is 14.4. The molecule has 1 aromatic rings. The van der Waals surface area contributed by atoms with E-state index in [0.29, 0.717) is 13.0 Å². The molecule has 3 heterocycles. The number of ether oxygens (including phenoxy) is 1. The quantitative estimate of drug-likeness (QED) is 0.447. The Morgan fingerprint density at radius 1 is 1.15 bits per heavy atom. The van der Waals surface area contributed by atoms with Crippen LogP contribution >= 0.6 is 0 Å². The van der Waals surface area contributed by atoms with Crippen LogP contribution in [0.5, 0.6) is 0 Å². The summed E-state index contributed by atoms with van der Waals surface area (Å²) >= 11 is 0. The van der Waals surface area contributed by atoms with Gasteiger partial charge in [-0.1, -0.05) is 76.8 Å². The normalized spacial score (nSPS) is 35.5. The Bertz CT molecular complexity index is 1080. The molecule has 3 unspecified atom stereocenters. The lowest BCUT2D eigenvalue weighted by molar-refractivity contribution is -0.152. The van der Waals surface area contributed by atoms with E-state index in [0.717, 1.165) is 37.7 Å². The molecule has 3 amide bonds. The summed E-state index contributed by atoms with van der Waals surface area (Å²) in [5.74, 6) is -2.19. The SMILES string of the molecule is CC[C@H](C)[C@H](CO)N1C(=O)[C@@H]2[C@@H](C(=O)NCc3ccccc3)[C@]3(C)OC2(CC3C)C1C(=O)NC1CCCCC1. The first-order valence-corrected chi connectivity index (χ1v) is 14.9. The third kappa shape index (κ3) is 4.57. The number of aliphatic hydroxyl groups excluding tert-OH is 1. The van der Waals surface area contributed by atoms with E-state index in [4.69, 9.17) is 4.74 Å². The predicted octanol–water partition coefficient (Wildman–Crippen LogP) is 3.17. The van der Waals surface area contributed by atoms with Gasteiger partial charge in [0.1, 0.15) is 11.6 Å². The Labute approximate surface area is 232 Å². The zero-order valence-corrected chi connectivity index (χ0v) is 23.8. The summed E-state index contributed by atoms with van der Waals surface area (Å²) < 4.78 is 6.84. The van der Waals surface area contributed by atoms with E-state index in [2.05, 4.69) is 17.6 Å². The minimum absolute atomic E-state index is 0.0184. The van der Waals surface area contributed by atoms with Gasteiger partial charge in [-0.2, -0.15) is 0 Å². The van der Waals surface area contributed by atoms with Crippen LogP contribution in [-0.2, 0) is 25.7 Å². The highest BCUT2D eigenvalue weighted by Gasteiger charge is 2.80. The first-order valence-electron chi connectivity index (χ1n) is 14.9. The van der Waals surface area contributed by atoms with Crippen molar-refractivity contribution in [2.24, 2.45) is 23.7 Å². The highest BCUT2D eigenvalue weighted by atomic mass is 16.5. The van der Waals surface area contributed by atoms with Gasteiger partial charge in [-0.15, -0.1) is 0 Å². The highest BCUT2D eigenvalue weighted by molar-refractivity contribution is 5.99. The van der Waals surface area contributed by atoms with Crippen molar-refractivity contribution in [3.63, 3.8) is 0 Å². The van der Waals surface area contributed by atoms with Crippen LogP contribution in [-0.4, -0.2) is 63.7 Å². The minimum Gasteiger partial charge on any atom is -0.394 e. The Kier molecular flexibility index (Phi) is 7.81. The van der Waals surface area contributed by atoms with Crippen LogP contribution in [0.1, 0.15) is 78.2 Å². The molecule has 3 N–H and O–H groups in total. The molecule has 4 fully saturated rings. The number of amides is 3. The molecular formula is C31H45N3O5. The monoisotopic (exact) mass is 539 g/mol. The van der Waals surface area contributed by atoms with Crippen molar-refractivity contribution in [3.05, 3.63) is 35.9 Å². The molecule has 1 aliphatic carbocycles. The standard InChI is InChI=1S/C31H45N3O5/c1-5-19(2)23(18-35)34-26(28(37)33-22-14-10-7-11-15-22)31-16-20(3)30(4,39-31)24(25(31)29(34)38)27(36)32-17-21-12-8-6-9-13-21/h6,8-9,12-13,19-20,22-26,35H,5,7,10-11,14-18H2,1-4H3,(H,32,36)(H,33,37)/t19-,20?,23-,24-,25-,26?,30+,31?/m0/s1. The number of carbonyl (C=O) groups is 3. The average Bonchev–Trinajstić information content (AvgIpc) is 3.45. The molecule has 8 nitrogen and oxygen atoms in total. The summed E-state index contributed by atoms with van der Waals surface area (Å²) in [6, 6.07) is 8.37. The molecule has 1 saturated carbocycles. The first kappa shape index (κ1) is 28.1. The van der Waals surface area contributed by atoms with Crippen molar-refractivity contribution >= 4 is 17.7 Å². The van der Waals surface area contributed by atoms with Crippen molar-refractivity contribution in [2.75, 3.05) is 6.61 Å². The fourth-order valence-electron chi connectivity index (χ4n) is 7.97. The van der Waals surface area contributed by atoms with Gasteiger partial charge in [0.15, 0.2) is 0 Å². The third-order valence-corrected chi connectivity index (χ3v) is 10.4. The number of aliphatic hydroxyl groups is 1. The van der Waals surface area contributed by atoms with Crippen LogP contribution in [0, 0.1) is 23.7 Å². The van der Waals surface area contributed by atoms with E-state index in [1.807, 2.05) is 51.1 Å².